The van der Waals surface area contributed by atoms with Gasteiger partial charge in [-0.15, -0.1) is 0 Å². The van der Waals surface area contributed by atoms with E-state index >= 15 is 0 Å². The van der Waals surface area contributed by atoms with Crippen molar-refractivity contribution in [3.05, 3.63) is 36.7 Å². The maximum Gasteiger partial charge on any atom is 0.229 e. The van der Waals surface area contributed by atoms with Gasteiger partial charge in [0.25, 0.3) is 0 Å². The van der Waals surface area contributed by atoms with Gasteiger partial charge < -0.3 is 19.9 Å². The Kier molecular flexibility index (Phi) is 5.01. The summed E-state index contributed by atoms with van der Waals surface area (Å²) in [6, 6.07) is 7.24. The smallest absolute Gasteiger partial charge is 0.229 e. The fourth-order valence-electron chi connectivity index (χ4n) is 2.77. The number of aromatic nitrogens is 2. The minimum atomic E-state index is -0.428. The van der Waals surface area contributed by atoms with E-state index in [9.17, 15) is 9.59 Å². The van der Waals surface area contributed by atoms with Crippen LogP contribution in [0.4, 0.5) is 17.3 Å². The SMILES string of the molecule is COc1cccc(N2CC(C(=O)Nc3cnc(N(C)C)nc3)CC2=O)c1. The third kappa shape index (κ3) is 3.74. The van der Waals surface area contributed by atoms with Gasteiger partial charge in [0.05, 0.1) is 31.1 Å². The van der Waals surface area contributed by atoms with E-state index in [0.717, 1.165) is 5.69 Å². The van der Waals surface area contributed by atoms with Gasteiger partial charge in [-0.05, 0) is 12.1 Å². The highest BCUT2D eigenvalue weighted by molar-refractivity contribution is 6.03. The molecule has 0 saturated carbocycles. The minimum Gasteiger partial charge on any atom is -0.497 e. The Morgan fingerprint density at radius 2 is 2.04 bits per heavy atom. The molecule has 26 heavy (non-hydrogen) atoms. The fourth-order valence-corrected chi connectivity index (χ4v) is 2.77. The maximum atomic E-state index is 12.5. The molecule has 0 bridgehead atoms. The first-order chi connectivity index (χ1) is 12.5. The summed E-state index contributed by atoms with van der Waals surface area (Å²) in [5, 5.41) is 2.78. The molecule has 1 aromatic heterocycles. The molecule has 0 aliphatic carbocycles. The molecule has 8 nitrogen and oxygen atoms in total. The van der Waals surface area contributed by atoms with Crippen molar-refractivity contribution in [2.75, 3.05) is 42.9 Å². The van der Waals surface area contributed by atoms with Crippen LogP contribution in [-0.4, -0.2) is 49.5 Å². The summed E-state index contributed by atoms with van der Waals surface area (Å²) >= 11 is 0. The zero-order valence-electron chi connectivity index (χ0n) is 15.0. The van der Waals surface area contributed by atoms with Crippen molar-refractivity contribution in [1.29, 1.82) is 0 Å². The highest BCUT2D eigenvalue weighted by Crippen LogP contribution is 2.28. The van der Waals surface area contributed by atoms with Crippen molar-refractivity contribution in [1.82, 2.24) is 9.97 Å². The van der Waals surface area contributed by atoms with Crippen LogP contribution in [0.3, 0.4) is 0 Å². The lowest BCUT2D eigenvalue weighted by Gasteiger charge is -2.17. The molecule has 1 saturated heterocycles. The van der Waals surface area contributed by atoms with Crippen molar-refractivity contribution in [3.63, 3.8) is 0 Å². The van der Waals surface area contributed by atoms with Gasteiger partial charge in [0.2, 0.25) is 17.8 Å². The van der Waals surface area contributed by atoms with E-state index in [1.54, 1.807) is 35.4 Å². The van der Waals surface area contributed by atoms with E-state index in [-0.39, 0.29) is 18.2 Å². The second-order valence-corrected chi connectivity index (χ2v) is 6.26. The number of methoxy groups -OCH3 is 1. The summed E-state index contributed by atoms with van der Waals surface area (Å²) < 4.78 is 5.19. The molecule has 1 unspecified atom stereocenters. The molecule has 0 radical (unpaired) electrons. The van der Waals surface area contributed by atoms with Gasteiger partial charge in [-0.25, -0.2) is 9.97 Å². The number of ether oxygens (including phenoxy) is 1. The van der Waals surface area contributed by atoms with E-state index in [4.69, 9.17) is 4.74 Å². The maximum absolute atomic E-state index is 12.5. The Morgan fingerprint density at radius 3 is 2.69 bits per heavy atom. The van der Waals surface area contributed by atoms with Gasteiger partial charge in [0.15, 0.2) is 0 Å². The number of amides is 2. The van der Waals surface area contributed by atoms with E-state index in [0.29, 0.717) is 23.9 Å². The number of benzene rings is 1. The normalized spacial score (nSPS) is 16.5. The molecule has 1 fully saturated rings. The largest absolute Gasteiger partial charge is 0.497 e. The molecule has 2 heterocycles. The van der Waals surface area contributed by atoms with Crippen LogP contribution in [0.1, 0.15) is 6.42 Å². The summed E-state index contributed by atoms with van der Waals surface area (Å²) in [6.45, 7) is 0.328. The second-order valence-electron chi connectivity index (χ2n) is 6.26. The average Bonchev–Trinajstić information content (AvgIpc) is 3.04. The molecule has 2 aromatic rings. The van der Waals surface area contributed by atoms with Crippen molar-refractivity contribution in [2.24, 2.45) is 5.92 Å². The van der Waals surface area contributed by atoms with Gasteiger partial charge in [-0.3, -0.25) is 9.59 Å². The van der Waals surface area contributed by atoms with E-state index in [1.807, 2.05) is 32.3 Å². The first-order valence-electron chi connectivity index (χ1n) is 8.22. The molecule has 1 aliphatic heterocycles. The topological polar surface area (TPSA) is 87.7 Å². The van der Waals surface area contributed by atoms with Crippen LogP contribution in [0.15, 0.2) is 36.7 Å². The van der Waals surface area contributed by atoms with Crippen LogP contribution < -0.4 is 19.9 Å². The van der Waals surface area contributed by atoms with E-state index < -0.39 is 5.92 Å². The molecule has 8 heteroatoms. The molecular weight excluding hydrogens is 334 g/mol. The monoisotopic (exact) mass is 355 g/mol. The Labute approximate surface area is 151 Å². The Hall–Kier alpha value is -3.16. The number of carbonyl (C=O) groups is 2. The minimum absolute atomic E-state index is 0.0855. The van der Waals surface area contributed by atoms with Crippen LogP contribution in [0.2, 0.25) is 0 Å². The van der Waals surface area contributed by atoms with Gasteiger partial charge in [-0.2, -0.15) is 0 Å². The molecule has 3 rings (SSSR count). The zero-order chi connectivity index (χ0) is 18.7. The summed E-state index contributed by atoms with van der Waals surface area (Å²) in [6.07, 6.45) is 3.27. The summed E-state index contributed by atoms with van der Waals surface area (Å²) in [5.74, 6) is 0.495. The average molecular weight is 355 g/mol. The summed E-state index contributed by atoms with van der Waals surface area (Å²) in [5.41, 5.74) is 1.23. The standard InChI is InChI=1S/C18H21N5O3/c1-22(2)18-19-9-13(10-20-18)21-17(25)12-7-16(24)23(11-12)14-5-4-6-15(8-14)26-3/h4-6,8-10,12H,7,11H2,1-3H3,(H,21,25). The van der Waals surface area contributed by atoms with Crippen LogP contribution in [0.5, 0.6) is 5.75 Å². The summed E-state index contributed by atoms with van der Waals surface area (Å²) in [7, 11) is 5.25. The summed E-state index contributed by atoms with van der Waals surface area (Å²) in [4.78, 5) is 36.5. The number of nitrogens with zero attached hydrogens (tertiary/aromatic N) is 4. The number of hydrogen-bond donors (Lipinski definition) is 1. The molecule has 1 atom stereocenters. The van der Waals surface area contributed by atoms with Gasteiger partial charge in [0, 0.05) is 38.8 Å². The van der Waals surface area contributed by atoms with Gasteiger partial charge in [-0.1, -0.05) is 6.07 Å². The van der Waals surface area contributed by atoms with Crippen molar-refractivity contribution < 1.29 is 14.3 Å². The highest BCUT2D eigenvalue weighted by Gasteiger charge is 2.35. The van der Waals surface area contributed by atoms with Crippen molar-refractivity contribution >= 4 is 29.1 Å². The highest BCUT2D eigenvalue weighted by atomic mass is 16.5. The third-order valence-electron chi connectivity index (χ3n) is 4.17. The first-order valence-corrected chi connectivity index (χ1v) is 8.22. The molecule has 1 N–H and O–H groups in total. The molecule has 136 valence electrons. The lowest BCUT2D eigenvalue weighted by atomic mass is 10.1. The third-order valence-corrected chi connectivity index (χ3v) is 4.17. The zero-order valence-corrected chi connectivity index (χ0v) is 15.0. The number of anilines is 3. The molecular formula is C18H21N5O3. The predicted octanol–water partition coefficient (Wildman–Crippen LogP) is 1.54. The van der Waals surface area contributed by atoms with Crippen LogP contribution in [0, 0.1) is 5.92 Å². The van der Waals surface area contributed by atoms with E-state index in [2.05, 4.69) is 15.3 Å². The molecule has 1 aromatic carbocycles. The van der Waals surface area contributed by atoms with Crippen LogP contribution in [0.25, 0.3) is 0 Å². The van der Waals surface area contributed by atoms with Gasteiger partial charge in [0.1, 0.15) is 5.75 Å². The quantitative estimate of drug-likeness (QED) is 0.875. The lowest BCUT2D eigenvalue weighted by Crippen LogP contribution is -2.28. The Balaban J connectivity index is 1.66. The predicted molar refractivity (Wildman–Crippen MR) is 98.4 cm³/mol. The molecule has 2 amide bonds. The second kappa shape index (κ2) is 7.38. The van der Waals surface area contributed by atoms with Crippen molar-refractivity contribution in [2.45, 2.75) is 6.42 Å². The fraction of sp³-hybridized carbons (Fsp3) is 0.333. The Morgan fingerprint density at radius 1 is 1.31 bits per heavy atom. The Bertz CT molecular complexity index is 807. The lowest BCUT2D eigenvalue weighted by molar-refractivity contribution is -0.122. The number of carbonyl (C=O) groups excluding carboxylic acids is 2. The van der Waals surface area contributed by atoms with E-state index in [1.165, 1.54) is 0 Å². The number of nitrogens with one attached hydrogen (secondary N) is 1. The van der Waals surface area contributed by atoms with Crippen LogP contribution >= 0.6 is 0 Å². The molecule has 0 spiro atoms. The number of hydrogen-bond acceptors (Lipinski definition) is 6. The number of rotatable bonds is 5. The molecule has 1 aliphatic rings. The first kappa shape index (κ1) is 17.7. The van der Waals surface area contributed by atoms with Crippen LogP contribution in [-0.2, 0) is 9.59 Å². The van der Waals surface area contributed by atoms with Gasteiger partial charge >= 0.3 is 0 Å². The van der Waals surface area contributed by atoms with Crippen molar-refractivity contribution in [3.8, 4) is 5.75 Å².